The summed E-state index contributed by atoms with van der Waals surface area (Å²) in [5, 5.41) is 3.36. The van der Waals surface area contributed by atoms with Crippen molar-refractivity contribution in [2.45, 2.75) is 45.2 Å². The number of pyridine rings is 2. The fourth-order valence-electron chi connectivity index (χ4n) is 3.79. The lowest BCUT2D eigenvalue weighted by Gasteiger charge is -2.07. The van der Waals surface area contributed by atoms with Crippen molar-refractivity contribution in [3.8, 4) is 0 Å². The predicted octanol–water partition coefficient (Wildman–Crippen LogP) is 8.87. The lowest BCUT2D eigenvalue weighted by atomic mass is 10.1. The lowest BCUT2D eigenvalue weighted by Crippen LogP contribution is -2.06. The molecule has 0 bridgehead atoms. The first kappa shape index (κ1) is 31.1. The fraction of sp³-hybridized carbons (Fsp3) is 0.241. The standard InChI is InChI=1S/C29H30Cl2N4.2BrH/c30-24-6-10-26(11-7-24)32-28-14-20-34(21-15-28)18-4-2-1-3-5-19-35-22-16-29(17-23-35)33-27-12-8-25(31)9-13-27;;/h6-17,20-23H,1-5,18-19H2;2*1H. The minimum Gasteiger partial charge on any atom is -0.354 e. The Balaban J connectivity index is 0.00000241. The quantitative estimate of drug-likeness (QED) is 0.152. The van der Waals surface area contributed by atoms with Crippen LogP contribution < -0.4 is 10.7 Å². The van der Waals surface area contributed by atoms with Gasteiger partial charge in [-0.2, -0.15) is 0 Å². The van der Waals surface area contributed by atoms with Gasteiger partial charge in [-0.3, -0.25) is 0 Å². The summed E-state index contributed by atoms with van der Waals surface area (Å²) >= 11 is 11.9. The second-order valence-electron chi connectivity index (χ2n) is 8.53. The van der Waals surface area contributed by atoms with Gasteiger partial charge >= 0.3 is 0 Å². The zero-order valence-electron chi connectivity index (χ0n) is 20.5. The Hall–Kier alpha value is -2.12. The van der Waals surface area contributed by atoms with E-state index in [0.29, 0.717) is 0 Å². The maximum atomic E-state index is 5.93. The number of benzene rings is 2. The van der Waals surface area contributed by atoms with E-state index in [2.05, 4.69) is 68.2 Å². The third kappa shape index (κ3) is 11.0. The molecule has 0 unspecified atom stereocenters. The number of nitrogens with zero attached hydrogens (tertiary/aromatic N) is 4. The van der Waals surface area contributed by atoms with Gasteiger partial charge in [-0.1, -0.05) is 42.5 Å². The normalized spacial score (nSPS) is 10.2. The van der Waals surface area contributed by atoms with Crippen molar-refractivity contribution in [2.75, 3.05) is 0 Å². The third-order valence-electron chi connectivity index (χ3n) is 5.75. The first-order valence-electron chi connectivity index (χ1n) is 12.1. The van der Waals surface area contributed by atoms with Gasteiger partial charge in [0.2, 0.25) is 0 Å². The number of hydrogen-bond donors (Lipinski definition) is 0. The van der Waals surface area contributed by atoms with E-state index in [1.54, 1.807) is 0 Å². The van der Waals surface area contributed by atoms with Crippen LogP contribution in [0.15, 0.2) is 108 Å². The number of halogens is 4. The first-order chi connectivity index (χ1) is 17.1. The Bertz CT molecular complexity index is 1200. The van der Waals surface area contributed by atoms with Gasteiger partial charge in [-0.15, -0.1) is 34.0 Å². The van der Waals surface area contributed by atoms with E-state index in [1.807, 2.05) is 48.5 Å². The highest BCUT2D eigenvalue weighted by molar-refractivity contribution is 8.93. The molecule has 8 heteroatoms. The molecule has 196 valence electrons. The summed E-state index contributed by atoms with van der Waals surface area (Å²) in [6.45, 7) is 2.07. The van der Waals surface area contributed by atoms with Crippen molar-refractivity contribution in [2.24, 2.45) is 9.98 Å². The molecule has 0 saturated carbocycles. The summed E-state index contributed by atoms with van der Waals surface area (Å²) in [6, 6.07) is 23.4. The van der Waals surface area contributed by atoms with Crippen LogP contribution in [-0.2, 0) is 13.1 Å². The van der Waals surface area contributed by atoms with Crippen LogP contribution in [0.1, 0.15) is 32.1 Å². The molecule has 0 radical (unpaired) electrons. The molecule has 37 heavy (non-hydrogen) atoms. The van der Waals surface area contributed by atoms with Crippen LogP contribution in [0, 0.1) is 0 Å². The van der Waals surface area contributed by atoms with E-state index in [1.165, 1.54) is 32.1 Å². The van der Waals surface area contributed by atoms with Crippen LogP contribution in [0.4, 0.5) is 11.4 Å². The Morgan fingerprint density at radius 3 is 1.14 bits per heavy atom. The van der Waals surface area contributed by atoms with Crippen LogP contribution >= 0.6 is 57.2 Å². The molecular weight excluding hydrogens is 635 g/mol. The highest BCUT2D eigenvalue weighted by Gasteiger charge is 1.95. The minimum atomic E-state index is 0. The number of aromatic nitrogens is 2. The molecular formula is C29H32Br2Cl2N4. The van der Waals surface area contributed by atoms with Crippen molar-refractivity contribution in [1.29, 1.82) is 0 Å². The fourth-order valence-corrected chi connectivity index (χ4v) is 4.05. The summed E-state index contributed by atoms with van der Waals surface area (Å²) in [7, 11) is 0. The molecule has 4 aromatic rings. The molecule has 0 fully saturated rings. The predicted molar refractivity (Wildman–Crippen MR) is 166 cm³/mol. The van der Waals surface area contributed by atoms with Gasteiger partial charge in [0.1, 0.15) is 0 Å². The highest BCUT2D eigenvalue weighted by atomic mass is 79.9. The smallest absolute Gasteiger partial charge is 0.0666 e. The van der Waals surface area contributed by atoms with Gasteiger partial charge in [0.15, 0.2) is 0 Å². The molecule has 4 rings (SSSR count). The van der Waals surface area contributed by atoms with E-state index >= 15 is 0 Å². The maximum Gasteiger partial charge on any atom is 0.0666 e. The number of unbranched alkanes of at least 4 members (excludes halogenated alkanes) is 4. The Morgan fingerprint density at radius 2 is 0.784 bits per heavy atom. The first-order valence-corrected chi connectivity index (χ1v) is 12.8. The van der Waals surface area contributed by atoms with Crippen molar-refractivity contribution in [3.63, 3.8) is 0 Å². The molecule has 2 aromatic carbocycles. The summed E-state index contributed by atoms with van der Waals surface area (Å²) in [5.74, 6) is 0. The highest BCUT2D eigenvalue weighted by Crippen LogP contribution is 2.16. The Morgan fingerprint density at radius 1 is 0.459 bits per heavy atom. The molecule has 0 spiro atoms. The number of rotatable bonds is 10. The largest absolute Gasteiger partial charge is 0.354 e. The molecule has 0 amide bonds. The number of hydrogen-bond acceptors (Lipinski definition) is 2. The molecule has 0 aliphatic rings. The zero-order valence-corrected chi connectivity index (χ0v) is 25.5. The summed E-state index contributed by atoms with van der Waals surface area (Å²) < 4.78 is 4.46. The second-order valence-corrected chi connectivity index (χ2v) is 9.41. The molecule has 4 nitrogen and oxygen atoms in total. The van der Waals surface area contributed by atoms with E-state index < -0.39 is 0 Å². The Kier molecular flexibility index (Phi) is 14.0. The molecule has 0 aliphatic heterocycles. The van der Waals surface area contributed by atoms with Crippen LogP contribution in [0.2, 0.25) is 10.0 Å². The SMILES string of the molecule is Br.Br.Clc1ccc(N=c2ccn(CCCCCCCn3ccc(=Nc4ccc(Cl)cc4)cc3)cc2)cc1. The summed E-state index contributed by atoms with van der Waals surface area (Å²) in [6.07, 6.45) is 14.5. The molecule has 0 saturated heterocycles. The van der Waals surface area contributed by atoms with Crippen molar-refractivity contribution < 1.29 is 0 Å². The van der Waals surface area contributed by atoms with Crippen LogP contribution in [0.3, 0.4) is 0 Å². The van der Waals surface area contributed by atoms with Gasteiger partial charge in [0.25, 0.3) is 0 Å². The van der Waals surface area contributed by atoms with Gasteiger partial charge in [0, 0.05) is 47.9 Å². The Labute approximate surface area is 249 Å². The van der Waals surface area contributed by atoms with Crippen molar-refractivity contribution in [3.05, 3.63) is 118 Å². The number of aryl methyl sites for hydroxylation is 2. The average molecular weight is 667 g/mol. The topological polar surface area (TPSA) is 34.6 Å². The van der Waals surface area contributed by atoms with Crippen LogP contribution in [0.25, 0.3) is 0 Å². The monoisotopic (exact) mass is 664 g/mol. The molecule has 0 atom stereocenters. The third-order valence-corrected chi connectivity index (χ3v) is 6.25. The second kappa shape index (κ2) is 16.7. The van der Waals surface area contributed by atoms with Crippen molar-refractivity contribution >= 4 is 68.5 Å². The van der Waals surface area contributed by atoms with Gasteiger partial charge in [-0.05, 0) is 85.6 Å². The summed E-state index contributed by atoms with van der Waals surface area (Å²) in [4.78, 5) is 9.24. The lowest BCUT2D eigenvalue weighted by molar-refractivity contribution is 0.533. The van der Waals surface area contributed by atoms with Crippen LogP contribution in [0.5, 0.6) is 0 Å². The van der Waals surface area contributed by atoms with Gasteiger partial charge in [-0.25, -0.2) is 9.98 Å². The van der Waals surface area contributed by atoms with Crippen LogP contribution in [-0.4, -0.2) is 9.13 Å². The van der Waals surface area contributed by atoms with Gasteiger partial charge < -0.3 is 9.13 Å². The van der Waals surface area contributed by atoms with E-state index in [9.17, 15) is 0 Å². The van der Waals surface area contributed by atoms with E-state index in [-0.39, 0.29) is 34.0 Å². The van der Waals surface area contributed by atoms with E-state index in [0.717, 1.165) is 45.2 Å². The molecule has 2 heterocycles. The molecule has 0 aliphatic carbocycles. The molecule has 0 N–H and O–H groups in total. The minimum absolute atomic E-state index is 0. The van der Waals surface area contributed by atoms with Crippen molar-refractivity contribution in [1.82, 2.24) is 9.13 Å². The average Bonchev–Trinajstić information content (AvgIpc) is 2.88. The summed E-state index contributed by atoms with van der Waals surface area (Å²) in [5.41, 5.74) is 1.82. The molecule has 2 aromatic heterocycles. The van der Waals surface area contributed by atoms with E-state index in [4.69, 9.17) is 23.2 Å². The van der Waals surface area contributed by atoms with Gasteiger partial charge in [0.05, 0.1) is 22.1 Å². The zero-order chi connectivity index (χ0) is 24.3. The maximum absolute atomic E-state index is 5.93.